The van der Waals surface area contributed by atoms with Gasteiger partial charge in [0.1, 0.15) is 5.82 Å². The van der Waals surface area contributed by atoms with E-state index in [0.717, 1.165) is 0 Å². The summed E-state index contributed by atoms with van der Waals surface area (Å²) in [4.78, 5) is 15.2. The molecule has 7 nitrogen and oxygen atoms in total. The average molecular weight is 300 g/mol. The predicted octanol–water partition coefficient (Wildman–Crippen LogP) is 0.104. The first-order valence-corrected chi connectivity index (χ1v) is 7.77. The fourth-order valence-electron chi connectivity index (χ4n) is 1.38. The van der Waals surface area contributed by atoms with Gasteiger partial charge in [-0.3, -0.25) is 4.79 Å². The van der Waals surface area contributed by atoms with Crippen LogP contribution in [0.5, 0.6) is 0 Å². The van der Waals surface area contributed by atoms with Crippen molar-refractivity contribution in [2.45, 2.75) is 25.2 Å². The molecule has 0 aliphatic carbocycles. The van der Waals surface area contributed by atoms with Crippen molar-refractivity contribution in [2.75, 3.05) is 18.8 Å². The first kappa shape index (κ1) is 16.4. The number of hydrogen-bond acceptors (Lipinski definition) is 5. The van der Waals surface area contributed by atoms with Gasteiger partial charge in [0.25, 0.3) is 0 Å². The lowest BCUT2D eigenvalue weighted by Crippen LogP contribution is -2.32. The first-order valence-electron chi connectivity index (χ1n) is 6.29. The van der Waals surface area contributed by atoms with E-state index in [1.54, 1.807) is 0 Å². The maximum atomic E-state index is 11.9. The van der Waals surface area contributed by atoms with Crippen LogP contribution in [0.1, 0.15) is 20.3 Å². The third kappa shape index (κ3) is 5.54. The third-order valence-corrected chi connectivity index (χ3v) is 3.87. The third-order valence-electron chi connectivity index (χ3n) is 2.41. The molecule has 0 aromatic carbocycles. The zero-order chi connectivity index (χ0) is 15.2. The number of anilines is 1. The molecule has 0 atom stereocenters. The summed E-state index contributed by atoms with van der Waals surface area (Å²) in [5, 5.41) is 2.71. The van der Waals surface area contributed by atoms with Crippen molar-refractivity contribution in [3.63, 3.8) is 0 Å². The van der Waals surface area contributed by atoms with Crippen LogP contribution < -0.4 is 15.8 Å². The minimum atomic E-state index is -3.66. The highest BCUT2D eigenvalue weighted by molar-refractivity contribution is 7.89. The van der Waals surface area contributed by atoms with Crippen LogP contribution in [0.3, 0.4) is 0 Å². The average Bonchev–Trinajstić information content (AvgIpc) is 2.36. The van der Waals surface area contributed by atoms with Gasteiger partial charge in [-0.25, -0.2) is 18.1 Å². The normalized spacial score (nSPS) is 11.6. The van der Waals surface area contributed by atoms with Gasteiger partial charge in [0.2, 0.25) is 15.9 Å². The number of rotatable bonds is 7. The standard InChI is InChI=1S/C12H20N4O3S/c1-9(2)8-15-12(17)4-6-16-20(18,19)10-3-5-14-11(13)7-10/h3,5,7,9,16H,4,6,8H2,1-2H3,(H2,13,14)(H,15,17). The van der Waals surface area contributed by atoms with Gasteiger partial charge in [-0.15, -0.1) is 0 Å². The summed E-state index contributed by atoms with van der Waals surface area (Å²) in [6.45, 7) is 4.58. The van der Waals surface area contributed by atoms with E-state index < -0.39 is 10.0 Å². The molecule has 0 saturated carbocycles. The minimum Gasteiger partial charge on any atom is -0.384 e. The fourth-order valence-corrected chi connectivity index (χ4v) is 2.44. The van der Waals surface area contributed by atoms with Crippen molar-refractivity contribution in [2.24, 2.45) is 5.92 Å². The maximum Gasteiger partial charge on any atom is 0.240 e. The van der Waals surface area contributed by atoms with E-state index in [0.29, 0.717) is 12.5 Å². The fraction of sp³-hybridized carbons (Fsp3) is 0.500. The highest BCUT2D eigenvalue weighted by Gasteiger charge is 2.14. The molecule has 4 N–H and O–H groups in total. The molecule has 112 valence electrons. The summed E-state index contributed by atoms with van der Waals surface area (Å²) in [5.41, 5.74) is 5.43. The van der Waals surface area contributed by atoms with Gasteiger partial charge in [0.15, 0.2) is 0 Å². The molecule has 1 aromatic rings. The Bertz CT molecular complexity index is 558. The molecular formula is C12H20N4O3S. The molecule has 0 radical (unpaired) electrons. The van der Waals surface area contributed by atoms with Crippen LogP contribution in [0.15, 0.2) is 23.2 Å². The van der Waals surface area contributed by atoms with E-state index >= 15 is 0 Å². The Labute approximate surface area is 119 Å². The van der Waals surface area contributed by atoms with Crippen LogP contribution in [0.2, 0.25) is 0 Å². The number of nitrogens with two attached hydrogens (primary N) is 1. The van der Waals surface area contributed by atoms with Crippen molar-refractivity contribution in [1.29, 1.82) is 0 Å². The Morgan fingerprint density at radius 1 is 1.45 bits per heavy atom. The van der Waals surface area contributed by atoms with E-state index in [4.69, 9.17) is 5.73 Å². The molecule has 1 aromatic heterocycles. The van der Waals surface area contributed by atoms with Crippen LogP contribution in [-0.2, 0) is 14.8 Å². The Hall–Kier alpha value is -1.67. The van der Waals surface area contributed by atoms with Crippen molar-refractivity contribution in [3.8, 4) is 0 Å². The number of carbonyl (C=O) groups is 1. The van der Waals surface area contributed by atoms with Gasteiger partial charge < -0.3 is 11.1 Å². The number of aromatic nitrogens is 1. The number of sulfonamides is 1. The van der Waals surface area contributed by atoms with E-state index in [-0.39, 0.29) is 29.6 Å². The quantitative estimate of drug-likeness (QED) is 0.661. The maximum absolute atomic E-state index is 11.9. The SMILES string of the molecule is CC(C)CNC(=O)CCNS(=O)(=O)c1ccnc(N)c1. The topological polar surface area (TPSA) is 114 Å². The molecule has 0 aliphatic rings. The molecule has 0 bridgehead atoms. The van der Waals surface area contributed by atoms with E-state index in [1.807, 2.05) is 13.8 Å². The van der Waals surface area contributed by atoms with Crippen molar-refractivity contribution in [1.82, 2.24) is 15.0 Å². The largest absolute Gasteiger partial charge is 0.384 e. The summed E-state index contributed by atoms with van der Waals surface area (Å²) in [5.74, 6) is 0.300. The molecule has 8 heteroatoms. The summed E-state index contributed by atoms with van der Waals surface area (Å²) < 4.78 is 26.2. The molecule has 1 rings (SSSR count). The van der Waals surface area contributed by atoms with Crippen LogP contribution in [-0.4, -0.2) is 32.4 Å². The summed E-state index contributed by atoms with van der Waals surface area (Å²) in [7, 11) is -3.66. The van der Waals surface area contributed by atoms with Gasteiger partial charge in [0, 0.05) is 31.8 Å². The van der Waals surface area contributed by atoms with Gasteiger partial charge in [-0.2, -0.15) is 0 Å². The van der Waals surface area contributed by atoms with Crippen molar-refractivity contribution >= 4 is 21.7 Å². The predicted molar refractivity (Wildman–Crippen MR) is 76.3 cm³/mol. The Balaban J connectivity index is 2.47. The first-order chi connectivity index (χ1) is 9.31. The highest BCUT2D eigenvalue weighted by atomic mass is 32.2. The molecule has 0 unspecified atom stereocenters. The number of hydrogen-bond donors (Lipinski definition) is 3. The van der Waals surface area contributed by atoms with Crippen LogP contribution in [0, 0.1) is 5.92 Å². The zero-order valence-corrected chi connectivity index (χ0v) is 12.4. The van der Waals surface area contributed by atoms with E-state index in [9.17, 15) is 13.2 Å². The van der Waals surface area contributed by atoms with Gasteiger partial charge in [0.05, 0.1) is 4.90 Å². The monoisotopic (exact) mass is 300 g/mol. The summed E-state index contributed by atoms with van der Waals surface area (Å²) in [6.07, 6.45) is 1.41. The molecule has 1 amide bonds. The number of nitrogens with one attached hydrogen (secondary N) is 2. The summed E-state index contributed by atoms with van der Waals surface area (Å²) in [6, 6.07) is 2.61. The lowest BCUT2D eigenvalue weighted by molar-refractivity contribution is -0.121. The van der Waals surface area contributed by atoms with Crippen LogP contribution in [0.25, 0.3) is 0 Å². The van der Waals surface area contributed by atoms with Crippen molar-refractivity contribution < 1.29 is 13.2 Å². The minimum absolute atomic E-state index is 0.0348. The number of pyridine rings is 1. The van der Waals surface area contributed by atoms with Crippen LogP contribution in [0.4, 0.5) is 5.82 Å². The lowest BCUT2D eigenvalue weighted by atomic mass is 10.2. The van der Waals surface area contributed by atoms with Crippen molar-refractivity contribution in [3.05, 3.63) is 18.3 Å². The number of nitrogen functional groups attached to an aromatic ring is 1. The second-order valence-corrected chi connectivity index (χ2v) is 6.53. The number of amides is 1. The number of carbonyl (C=O) groups excluding carboxylic acids is 1. The molecule has 0 saturated heterocycles. The van der Waals surface area contributed by atoms with E-state index in [2.05, 4.69) is 15.0 Å². The summed E-state index contributed by atoms with van der Waals surface area (Å²) >= 11 is 0. The smallest absolute Gasteiger partial charge is 0.240 e. The molecule has 1 heterocycles. The molecule has 0 spiro atoms. The van der Waals surface area contributed by atoms with Gasteiger partial charge in [-0.05, 0) is 12.0 Å². The molecular weight excluding hydrogens is 280 g/mol. The Kier molecular flexibility index (Phi) is 5.90. The Morgan fingerprint density at radius 3 is 2.75 bits per heavy atom. The molecule has 20 heavy (non-hydrogen) atoms. The van der Waals surface area contributed by atoms with Gasteiger partial charge >= 0.3 is 0 Å². The van der Waals surface area contributed by atoms with Crippen LogP contribution >= 0.6 is 0 Å². The number of nitrogens with zero attached hydrogens (tertiary/aromatic N) is 1. The Morgan fingerprint density at radius 2 is 2.15 bits per heavy atom. The second-order valence-electron chi connectivity index (χ2n) is 4.76. The second kappa shape index (κ2) is 7.20. The highest BCUT2D eigenvalue weighted by Crippen LogP contribution is 2.09. The lowest BCUT2D eigenvalue weighted by Gasteiger charge is -2.09. The molecule has 0 aliphatic heterocycles. The zero-order valence-electron chi connectivity index (χ0n) is 11.6. The van der Waals surface area contributed by atoms with Gasteiger partial charge in [-0.1, -0.05) is 13.8 Å². The molecule has 0 fully saturated rings. The van der Waals surface area contributed by atoms with E-state index in [1.165, 1.54) is 18.3 Å².